The van der Waals surface area contributed by atoms with Crippen LogP contribution < -0.4 is 3.97 Å². The summed E-state index contributed by atoms with van der Waals surface area (Å²) in [5.74, 6) is 0. The molecule has 0 aliphatic carbocycles. The van der Waals surface area contributed by atoms with Crippen molar-refractivity contribution in [3.05, 3.63) is 30.6 Å². The Morgan fingerprint density at radius 1 is 1.00 bits per heavy atom. The van der Waals surface area contributed by atoms with Gasteiger partial charge in [0.15, 0.2) is 12.4 Å². The molecule has 0 bridgehead atoms. The van der Waals surface area contributed by atoms with Crippen LogP contribution in [0.3, 0.4) is 0 Å². The van der Waals surface area contributed by atoms with Crippen molar-refractivity contribution in [1.82, 2.24) is 0 Å². The Labute approximate surface area is 72.5 Å². The number of halogens is 3. The minimum absolute atomic E-state index is 0.118. The SMILES string of the molecule is O=S(=O)([n+]1ccccc1)C(F)(F)F. The molecule has 1 aromatic rings. The highest BCUT2D eigenvalue weighted by Crippen LogP contribution is 2.20. The van der Waals surface area contributed by atoms with E-state index in [4.69, 9.17) is 0 Å². The first kappa shape index (κ1) is 9.97. The van der Waals surface area contributed by atoms with Gasteiger partial charge in [-0.15, -0.1) is 0 Å². The van der Waals surface area contributed by atoms with Gasteiger partial charge in [-0.25, -0.2) is 0 Å². The molecule has 0 aliphatic rings. The van der Waals surface area contributed by atoms with E-state index in [0.29, 0.717) is 0 Å². The standard InChI is InChI=1S/C6H5F3NO2S/c7-6(8,9)13(11,12)10-4-2-1-3-5-10/h1-5H/q+1. The molecule has 0 radical (unpaired) electrons. The lowest BCUT2D eigenvalue weighted by molar-refractivity contribution is -0.518. The van der Waals surface area contributed by atoms with Crippen molar-refractivity contribution in [1.29, 1.82) is 0 Å². The third-order valence-electron chi connectivity index (χ3n) is 1.26. The highest BCUT2D eigenvalue weighted by molar-refractivity contribution is 7.85. The molecule has 1 aromatic heterocycles. The molecule has 7 heteroatoms. The van der Waals surface area contributed by atoms with E-state index in [2.05, 4.69) is 0 Å². The van der Waals surface area contributed by atoms with E-state index >= 15 is 0 Å². The second-order valence-corrected chi connectivity index (χ2v) is 3.99. The van der Waals surface area contributed by atoms with Crippen molar-refractivity contribution in [2.24, 2.45) is 0 Å². The molecule has 0 N–H and O–H groups in total. The van der Waals surface area contributed by atoms with Crippen LogP contribution in [0.2, 0.25) is 0 Å². The zero-order valence-corrected chi connectivity index (χ0v) is 7.01. The maximum absolute atomic E-state index is 11.9. The molecular formula is C6H5F3NO2S+. The Morgan fingerprint density at radius 3 is 1.85 bits per heavy atom. The smallest absolute Gasteiger partial charge is 0.153 e. The summed E-state index contributed by atoms with van der Waals surface area (Å²) in [6, 6.07) is 3.81. The molecule has 1 heterocycles. The molecule has 0 amide bonds. The van der Waals surface area contributed by atoms with Gasteiger partial charge in [-0.3, -0.25) is 0 Å². The summed E-state index contributed by atoms with van der Waals surface area (Å²) >= 11 is 0. The number of nitrogens with zero attached hydrogens (tertiary/aromatic N) is 1. The van der Waals surface area contributed by atoms with Crippen LogP contribution in [0.15, 0.2) is 30.6 Å². The third kappa shape index (κ3) is 1.80. The molecule has 3 nitrogen and oxygen atoms in total. The van der Waals surface area contributed by atoms with Gasteiger partial charge in [-0.05, 0) is 0 Å². The summed E-state index contributed by atoms with van der Waals surface area (Å²) in [6.07, 6.45) is 1.64. The molecule has 0 saturated heterocycles. The van der Waals surface area contributed by atoms with E-state index in [1.54, 1.807) is 0 Å². The molecule has 0 atom stereocenters. The van der Waals surface area contributed by atoms with Crippen molar-refractivity contribution in [2.45, 2.75) is 5.51 Å². The monoisotopic (exact) mass is 212 g/mol. The van der Waals surface area contributed by atoms with Crippen LogP contribution in [0, 0.1) is 0 Å². The van der Waals surface area contributed by atoms with Crippen LogP contribution in [-0.2, 0) is 10.0 Å². The quantitative estimate of drug-likeness (QED) is 0.642. The van der Waals surface area contributed by atoms with E-state index in [-0.39, 0.29) is 3.97 Å². The highest BCUT2D eigenvalue weighted by Gasteiger charge is 2.53. The van der Waals surface area contributed by atoms with E-state index in [0.717, 1.165) is 12.4 Å². The van der Waals surface area contributed by atoms with Gasteiger partial charge in [0.2, 0.25) is 0 Å². The van der Waals surface area contributed by atoms with Gasteiger partial charge in [0.25, 0.3) is 0 Å². The van der Waals surface area contributed by atoms with Gasteiger partial charge < -0.3 is 0 Å². The van der Waals surface area contributed by atoms with Gasteiger partial charge in [-0.2, -0.15) is 21.6 Å². The first-order valence-electron chi connectivity index (χ1n) is 3.14. The molecule has 0 aromatic carbocycles. The lowest BCUT2D eigenvalue weighted by atomic mass is 10.5. The maximum atomic E-state index is 11.9. The molecule has 0 spiro atoms. The van der Waals surface area contributed by atoms with E-state index < -0.39 is 15.5 Å². The van der Waals surface area contributed by atoms with Gasteiger partial charge in [0.1, 0.15) is 0 Å². The zero-order valence-electron chi connectivity index (χ0n) is 6.19. The molecule has 13 heavy (non-hydrogen) atoms. The maximum Gasteiger partial charge on any atom is 0.560 e. The molecular weight excluding hydrogens is 207 g/mol. The van der Waals surface area contributed by atoms with Crippen LogP contribution >= 0.6 is 0 Å². The van der Waals surface area contributed by atoms with E-state index in [9.17, 15) is 21.6 Å². The van der Waals surface area contributed by atoms with Gasteiger partial charge >= 0.3 is 15.5 Å². The van der Waals surface area contributed by atoms with E-state index in [1.807, 2.05) is 0 Å². The number of hydrogen-bond acceptors (Lipinski definition) is 2. The summed E-state index contributed by atoms with van der Waals surface area (Å²) in [5.41, 5.74) is -5.26. The predicted octanol–water partition coefficient (Wildman–Crippen LogP) is 0.672. The Kier molecular flexibility index (Phi) is 2.29. The highest BCUT2D eigenvalue weighted by atomic mass is 32.2. The van der Waals surface area contributed by atoms with Crippen LogP contribution in [0.25, 0.3) is 0 Å². The van der Waals surface area contributed by atoms with Crippen LogP contribution in [0.4, 0.5) is 13.2 Å². The van der Waals surface area contributed by atoms with Crippen LogP contribution in [0.1, 0.15) is 0 Å². The fraction of sp³-hybridized carbons (Fsp3) is 0.167. The Morgan fingerprint density at radius 2 is 1.46 bits per heavy atom. The van der Waals surface area contributed by atoms with Crippen LogP contribution in [-0.4, -0.2) is 13.9 Å². The Balaban J connectivity index is 3.26. The number of hydrogen-bond donors (Lipinski definition) is 0. The topological polar surface area (TPSA) is 38.0 Å². The summed E-state index contributed by atoms with van der Waals surface area (Å²) in [7, 11) is -5.26. The minimum atomic E-state index is -5.26. The fourth-order valence-electron chi connectivity index (χ4n) is 0.663. The summed E-state index contributed by atoms with van der Waals surface area (Å²) < 4.78 is 57.2. The average molecular weight is 212 g/mol. The van der Waals surface area contributed by atoms with Gasteiger partial charge in [0, 0.05) is 12.1 Å². The van der Waals surface area contributed by atoms with Crippen molar-refractivity contribution in [3.63, 3.8) is 0 Å². The second-order valence-electron chi connectivity index (χ2n) is 2.16. The Hall–Kier alpha value is -1.11. The summed E-state index contributed by atoms with van der Waals surface area (Å²) in [6.45, 7) is 0. The average Bonchev–Trinajstić information content (AvgIpc) is 2.04. The number of alkyl halides is 3. The minimum Gasteiger partial charge on any atom is -0.153 e. The number of pyridine rings is 1. The lowest BCUT2D eigenvalue weighted by Crippen LogP contribution is -2.49. The fourth-order valence-corrected chi connectivity index (χ4v) is 1.36. The summed E-state index contributed by atoms with van der Waals surface area (Å²) in [4.78, 5) is 0. The molecule has 0 fully saturated rings. The normalized spacial score (nSPS) is 12.8. The number of rotatable bonds is 1. The van der Waals surface area contributed by atoms with Crippen molar-refractivity contribution < 1.29 is 25.6 Å². The molecule has 0 unspecified atom stereocenters. The van der Waals surface area contributed by atoms with Crippen molar-refractivity contribution in [2.75, 3.05) is 0 Å². The Bertz CT molecular complexity index is 384. The predicted molar refractivity (Wildman–Crippen MR) is 37.0 cm³/mol. The lowest BCUT2D eigenvalue weighted by Gasteiger charge is -2.00. The zero-order chi connectivity index (χ0) is 10.1. The van der Waals surface area contributed by atoms with E-state index in [1.165, 1.54) is 18.2 Å². The molecule has 0 aliphatic heterocycles. The molecule has 1 rings (SSSR count). The molecule has 72 valence electrons. The van der Waals surface area contributed by atoms with Crippen molar-refractivity contribution >= 4 is 10.0 Å². The third-order valence-corrected chi connectivity index (χ3v) is 2.64. The largest absolute Gasteiger partial charge is 0.560 e. The first-order valence-corrected chi connectivity index (χ1v) is 4.58. The van der Waals surface area contributed by atoms with Crippen molar-refractivity contribution in [3.8, 4) is 0 Å². The molecule has 0 saturated carbocycles. The summed E-state index contributed by atoms with van der Waals surface area (Å²) in [5, 5.41) is 0. The first-order chi connectivity index (χ1) is 5.86. The van der Waals surface area contributed by atoms with Gasteiger partial charge in [-0.1, -0.05) is 10.0 Å². The second kappa shape index (κ2) is 2.99. The van der Waals surface area contributed by atoms with Crippen LogP contribution in [0.5, 0.6) is 0 Å². The van der Waals surface area contributed by atoms with Gasteiger partial charge in [0.05, 0.1) is 0 Å². The number of aromatic nitrogens is 1.